The van der Waals surface area contributed by atoms with Crippen molar-refractivity contribution in [1.29, 1.82) is 0 Å². The molecule has 0 radical (unpaired) electrons. The van der Waals surface area contributed by atoms with Gasteiger partial charge in [0.05, 0.1) is 26.4 Å². The molecule has 0 aliphatic carbocycles. The molecular weight excluding hydrogens is 1270 g/mol. The number of aliphatic hydroxyl groups excluding tert-OH is 1. The van der Waals surface area contributed by atoms with Gasteiger partial charge in [-0.05, 0) is 49.4 Å². The summed E-state index contributed by atoms with van der Waals surface area (Å²) in [6, 6.07) is 0. The number of rotatable bonds is 75. The summed E-state index contributed by atoms with van der Waals surface area (Å²) in [6.07, 6.45) is 53.1. The first-order valence-corrected chi connectivity index (χ1v) is 43.2. The summed E-state index contributed by atoms with van der Waals surface area (Å²) in [5.41, 5.74) is 0. The van der Waals surface area contributed by atoms with E-state index in [4.69, 9.17) is 37.0 Å². The van der Waals surface area contributed by atoms with Gasteiger partial charge in [0.25, 0.3) is 0 Å². The van der Waals surface area contributed by atoms with E-state index in [9.17, 15) is 43.2 Å². The van der Waals surface area contributed by atoms with Crippen molar-refractivity contribution >= 4 is 39.5 Å². The highest BCUT2D eigenvalue weighted by molar-refractivity contribution is 7.47. The normalized spacial score (nSPS) is 14.4. The lowest BCUT2D eigenvalue weighted by Gasteiger charge is -2.21. The van der Waals surface area contributed by atoms with Crippen LogP contribution < -0.4 is 0 Å². The Labute approximate surface area is 594 Å². The van der Waals surface area contributed by atoms with Crippen LogP contribution in [0.15, 0.2) is 0 Å². The van der Waals surface area contributed by atoms with Crippen LogP contribution in [-0.2, 0) is 65.4 Å². The van der Waals surface area contributed by atoms with Gasteiger partial charge in [0.15, 0.2) is 12.2 Å². The molecular formula is C78H152O17P2. The van der Waals surface area contributed by atoms with Crippen molar-refractivity contribution < 1.29 is 80.2 Å². The van der Waals surface area contributed by atoms with E-state index >= 15 is 0 Å². The van der Waals surface area contributed by atoms with Crippen LogP contribution in [0.1, 0.15) is 396 Å². The molecule has 4 unspecified atom stereocenters. The number of esters is 4. The van der Waals surface area contributed by atoms with Gasteiger partial charge in [-0.3, -0.25) is 37.3 Å². The summed E-state index contributed by atoms with van der Waals surface area (Å²) in [4.78, 5) is 72.7. The SMILES string of the molecule is CCC(C)CCCCCCCCCCCCCCCCC(=O)O[C@H](COC(=O)CCCCCCCCC(C)C)COP(=O)(O)OCC(O)COP(=O)(O)OC[C@@H](COC(=O)CCCCCCCCC(C)C)OC(=O)CCCCCCCCCCCCCCCCCCCCC(C)C. The Morgan fingerprint density at radius 3 is 0.732 bits per heavy atom. The highest BCUT2D eigenvalue weighted by atomic mass is 31.2. The largest absolute Gasteiger partial charge is 0.472 e. The van der Waals surface area contributed by atoms with E-state index in [0.29, 0.717) is 37.5 Å². The minimum absolute atomic E-state index is 0.106. The lowest BCUT2D eigenvalue weighted by Crippen LogP contribution is -2.30. The van der Waals surface area contributed by atoms with E-state index in [1.807, 2.05) is 0 Å². The molecule has 576 valence electrons. The fraction of sp³-hybridized carbons (Fsp3) is 0.949. The van der Waals surface area contributed by atoms with Gasteiger partial charge in [0, 0.05) is 25.7 Å². The Morgan fingerprint density at radius 1 is 0.289 bits per heavy atom. The Morgan fingerprint density at radius 2 is 0.495 bits per heavy atom. The Balaban J connectivity index is 5.14. The van der Waals surface area contributed by atoms with Gasteiger partial charge in [-0.25, -0.2) is 9.13 Å². The second-order valence-electron chi connectivity index (χ2n) is 29.8. The third kappa shape index (κ3) is 70.9. The van der Waals surface area contributed by atoms with E-state index in [1.165, 1.54) is 186 Å². The molecule has 0 saturated heterocycles. The van der Waals surface area contributed by atoms with Crippen molar-refractivity contribution in [3.05, 3.63) is 0 Å². The third-order valence-corrected chi connectivity index (χ3v) is 20.3. The van der Waals surface area contributed by atoms with Crippen molar-refractivity contribution in [2.24, 2.45) is 23.7 Å². The number of phosphoric ester groups is 2. The van der Waals surface area contributed by atoms with Crippen molar-refractivity contribution in [1.82, 2.24) is 0 Å². The van der Waals surface area contributed by atoms with Gasteiger partial charge in [-0.15, -0.1) is 0 Å². The highest BCUT2D eigenvalue weighted by Crippen LogP contribution is 2.45. The predicted octanol–water partition coefficient (Wildman–Crippen LogP) is 22.8. The maximum atomic E-state index is 13.1. The van der Waals surface area contributed by atoms with Crippen LogP contribution in [0.4, 0.5) is 0 Å². The molecule has 0 amide bonds. The molecule has 19 heteroatoms. The minimum atomic E-state index is -4.96. The topological polar surface area (TPSA) is 237 Å². The fourth-order valence-corrected chi connectivity index (χ4v) is 13.5. The van der Waals surface area contributed by atoms with Crippen molar-refractivity contribution in [2.75, 3.05) is 39.6 Å². The molecule has 0 aliphatic rings. The monoisotopic (exact) mass is 1420 g/mol. The van der Waals surface area contributed by atoms with Crippen LogP contribution in [-0.4, -0.2) is 96.7 Å². The Kier molecular flexibility index (Phi) is 65.9. The molecule has 0 heterocycles. The molecule has 3 N–H and O–H groups in total. The molecule has 17 nitrogen and oxygen atoms in total. The summed E-state index contributed by atoms with van der Waals surface area (Å²) < 4.78 is 68.5. The molecule has 0 fully saturated rings. The van der Waals surface area contributed by atoms with Gasteiger partial charge in [-0.2, -0.15) is 0 Å². The van der Waals surface area contributed by atoms with Crippen LogP contribution in [0.25, 0.3) is 0 Å². The molecule has 0 aliphatic heterocycles. The number of hydrogen-bond donors (Lipinski definition) is 3. The van der Waals surface area contributed by atoms with Crippen molar-refractivity contribution in [3.63, 3.8) is 0 Å². The van der Waals surface area contributed by atoms with Crippen LogP contribution in [0, 0.1) is 23.7 Å². The number of carbonyl (C=O) groups is 4. The summed E-state index contributed by atoms with van der Waals surface area (Å²) in [5.74, 6) is 0.901. The fourth-order valence-electron chi connectivity index (χ4n) is 11.9. The average molecular weight is 1420 g/mol. The number of hydrogen-bond acceptors (Lipinski definition) is 15. The van der Waals surface area contributed by atoms with E-state index in [2.05, 4.69) is 55.4 Å². The van der Waals surface area contributed by atoms with E-state index in [-0.39, 0.29) is 25.7 Å². The average Bonchev–Trinajstić information content (AvgIpc) is 1.17. The first-order chi connectivity index (χ1) is 46.6. The summed E-state index contributed by atoms with van der Waals surface area (Å²) >= 11 is 0. The van der Waals surface area contributed by atoms with E-state index < -0.39 is 97.5 Å². The highest BCUT2D eigenvalue weighted by Gasteiger charge is 2.30. The molecule has 97 heavy (non-hydrogen) atoms. The summed E-state index contributed by atoms with van der Waals surface area (Å²) in [7, 11) is -9.91. The Bertz CT molecular complexity index is 1900. The van der Waals surface area contributed by atoms with Gasteiger partial charge < -0.3 is 33.8 Å². The van der Waals surface area contributed by atoms with Crippen molar-refractivity contribution in [3.8, 4) is 0 Å². The minimum Gasteiger partial charge on any atom is -0.462 e. The maximum Gasteiger partial charge on any atom is 0.472 e. The zero-order valence-corrected chi connectivity index (χ0v) is 65.5. The predicted molar refractivity (Wildman–Crippen MR) is 395 cm³/mol. The maximum absolute atomic E-state index is 13.1. The zero-order chi connectivity index (χ0) is 71.7. The molecule has 6 atom stereocenters. The quantitative estimate of drug-likeness (QED) is 0.0222. The first-order valence-electron chi connectivity index (χ1n) is 40.2. The zero-order valence-electron chi connectivity index (χ0n) is 63.7. The van der Waals surface area contributed by atoms with Crippen LogP contribution in [0.2, 0.25) is 0 Å². The number of unbranched alkanes of at least 4 members (excludes halogenated alkanes) is 40. The molecule has 0 aromatic rings. The number of carbonyl (C=O) groups excluding carboxylic acids is 4. The second kappa shape index (κ2) is 67.2. The summed E-state index contributed by atoms with van der Waals surface area (Å²) in [5, 5.41) is 10.6. The van der Waals surface area contributed by atoms with Gasteiger partial charge >= 0.3 is 39.5 Å². The molecule has 0 saturated carbocycles. The van der Waals surface area contributed by atoms with E-state index in [0.717, 1.165) is 115 Å². The Hall–Kier alpha value is -1.94. The van der Waals surface area contributed by atoms with Gasteiger partial charge in [-0.1, -0.05) is 344 Å². The standard InChI is InChI=1S/C78H152O17P2/c1-9-71(8)57-49-41-31-27-23-19-16-17-21-25-29-33-45-53-61-78(83)95-74(65-89-76(81)59-51-43-37-35-40-48-56-70(6)7)67-93-97(86,87)91-63-72(79)62-90-96(84,85)92-66-73(64-88-75(80)58-50-42-36-34-39-47-55-69(4)5)94-77(82)60-52-44-32-28-24-20-15-13-11-10-12-14-18-22-26-30-38-46-54-68(2)3/h68-74,79H,9-67H2,1-8H3,(H,84,85)(H,86,87)/t71?,72?,73-,74-/m1/s1. The van der Waals surface area contributed by atoms with Crippen LogP contribution in [0.5, 0.6) is 0 Å². The molecule has 0 spiro atoms. The van der Waals surface area contributed by atoms with E-state index in [1.54, 1.807) is 0 Å². The third-order valence-electron chi connectivity index (χ3n) is 18.4. The van der Waals surface area contributed by atoms with Gasteiger partial charge in [0.1, 0.15) is 19.3 Å². The van der Waals surface area contributed by atoms with Gasteiger partial charge in [0.2, 0.25) is 0 Å². The first kappa shape index (κ1) is 95.1. The van der Waals surface area contributed by atoms with Crippen LogP contribution >= 0.6 is 15.6 Å². The number of aliphatic hydroxyl groups is 1. The lowest BCUT2D eigenvalue weighted by molar-refractivity contribution is -0.161. The smallest absolute Gasteiger partial charge is 0.462 e. The number of ether oxygens (including phenoxy) is 4. The number of phosphoric acid groups is 2. The van der Waals surface area contributed by atoms with Crippen LogP contribution in [0.3, 0.4) is 0 Å². The molecule has 0 bridgehead atoms. The molecule has 0 aromatic heterocycles. The summed E-state index contributed by atoms with van der Waals surface area (Å²) in [6.45, 7) is 14.1. The lowest BCUT2D eigenvalue weighted by atomic mass is 9.99. The van der Waals surface area contributed by atoms with Crippen molar-refractivity contribution in [2.45, 2.75) is 414 Å². The molecule has 0 aromatic carbocycles. The second-order valence-corrected chi connectivity index (χ2v) is 32.7. The molecule has 0 rings (SSSR count).